The zero-order valence-electron chi connectivity index (χ0n) is 9.07. The third-order valence-corrected chi connectivity index (χ3v) is 2.84. The first-order valence-electron chi connectivity index (χ1n) is 4.95. The van der Waals surface area contributed by atoms with Crippen LogP contribution in [0.1, 0.15) is 11.3 Å². The number of hydrogen-bond donors (Lipinski definition) is 1. The molecule has 1 heterocycles. The maximum absolute atomic E-state index is 12.5. The fourth-order valence-corrected chi connectivity index (χ4v) is 1.86. The van der Waals surface area contributed by atoms with Gasteiger partial charge in [-0.2, -0.15) is 13.2 Å². The van der Waals surface area contributed by atoms with Crippen molar-refractivity contribution in [2.45, 2.75) is 12.8 Å². The molecule has 7 heteroatoms. The molecule has 0 bridgehead atoms. The van der Waals surface area contributed by atoms with Gasteiger partial charge in [-0.1, -0.05) is 6.07 Å². The van der Waals surface area contributed by atoms with Gasteiger partial charge in [-0.25, -0.2) is 4.98 Å². The van der Waals surface area contributed by atoms with Gasteiger partial charge in [-0.3, -0.25) is 0 Å². The van der Waals surface area contributed by atoms with Crippen molar-refractivity contribution in [3.05, 3.63) is 40.9 Å². The molecule has 0 radical (unpaired) electrons. The Kier molecular flexibility index (Phi) is 3.42. The van der Waals surface area contributed by atoms with Crippen LogP contribution in [0.5, 0.6) is 5.75 Å². The fourth-order valence-electron chi connectivity index (χ4n) is 1.31. The number of nitrogens with two attached hydrogens (primary N) is 1. The summed E-state index contributed by atoms with van der Waals surface area (Å²) in [4.78, 5) is 3.95. The summed E-state index contributed by atoms with van der Waals surface area (Å²) >= 11 is 1.25. The van der Waals surface area contributed by atoms with Crippen LogP contribution < -0.4 is 10.5 Å². The van der Waals surface area contributed by atoms with Gasteiger partial charge in [0, 0.05) is 5.38 Å². The van der Waals surface area contributed by atoms with E-state index in [1.165, 1.54) is 23.5 Å². The predicted molar refractivity (Wildman–Crippen MR) is 62.3 cm³/mol. The Morgan fingerprint density at radius 3 is 2.72 bits per heavy atom. The number of benzene rings is 1. The molecule has 0 amide bonds. The molecule has 0 aliphatic heterocycles. The second-order valence-corrected chi connectivity index (χ2v) is 4.38. The number of aromatic nitrogens is 1. The van der Waals surface area contributed by atoms with Crippen LogP contribution in [0.15, 0.2) is 29.6 Å². The molecule has 18 heavy (non-hydrogen) atoms. The lowest BCUT2D eigenvalue weighted by molar-refractivity contribution is -0.137. The molecule has 0 saturated heterocycles. The van der Waals surface area contributed by atoms with Crippen molar-refractivity contribution in [2.75, 3.05) is 5.73 Å². The Hall–Kier alpha value is -1.76. The van der Waals surface area contributed by atoms with Crippen molar-refractivity contribution in [1.82, 2.24) is 4.98 Å². The highest BCUT2D eigenvalue weighted by Gasteiger charge is 2.30. The average molecular weight is 274 g/mol. The first-order chi connectivity index (χ1) is 8.45. The van der Waals surface area contributed by atoms with Crippen molar-refractivity contribution in [1.29, 1.82) is 0 Å². The topological polar surface area (TPSA) is 48.1 Å². The van der Waals surface area contributed by atoms with Crippen molar-refractivity contribution in [3.8, 4) is 5.75 Å². The van der Waals surface area contributed by atoms with E-state index in [-0.39, 0.29) is 12.4 Å². The maximum Gasteiger partial charge on any atom is 0.416 e. The lowest BCUT2D eigenvalue weighted by Crippen LogP contribution is -2.05. The number of nitrogens with zero attached hydrogens (tertiary/aromatic N) is 1. The third-order valence-electron chi connectivity index (χ3n) is 2.12. The number of anilines is 1. The van der Waals surface area contributed by atoms with Gasteiger partial charge >= 0.3 is 6.18 Å². The van der Waals surface area contributed by atoms with Crippen LogP contribution in [-0.4, -0.2) is 4.98 Å². The molecule has 96 valence electrons. The minimum atomic E-state index is -4.37. The highest BCUT2D eigenvalue weighted by molar-refractivity contribution is 7.13. The van der Waals surface area contributed by atoms with E-state index in [0.29, 0.717) is 10.8 Å². The molecule has 0 aliphatic rings. The van der Waals surface area contributed by atoms with Crippen LogP contribution in [0.2, 0.25) is 0 Å². The minimum absolute atomic E-state index is 0.0923. The molecule has 1 aromatic carbocycles. The number of nitrogen functional groups attached to an aromatic ring is 1. The summed E-state index contributed by atoms with van der Waals surface area (Å²) in [6.07, 6.45) is -4.37. The van der Waals surface area contributed by atoms with E-state index in [2.05, 4.69) is 4.98 Å². The monoisotopic (exact) mass is 274 g/mol. The second-order valence-electron chi connectivity index (χ2n) is 3.49. The van der Waals surface area contributed by atoms with Crippen LogP contribution >= 0.6 is 11.3 Å². The van der Waals surface area contributed by atoms with Gasteiger partial charge in [0.2, 0.25) is 0 Å². The standard InChI is InChI=1S/C11H9F3N2OS/c12-11(13,14)7-2-1-3-9(4-7)17-5-8-6-18-10(15)16-8/h1-4,6H,5H2,(H2,15,16). The van der Waals surface area contributed by atoms with E-state index < -0.39 is 11.7 Å². The summed E-state index contributed by atoms with van der Waals surface area (Å²) in [5.74, 6) is 0.149. The van der Waals surface area contributed by atoms with Gasteiger partial charge in [0.15, 0.2) is 5.13 Å². The van der Waals surface area contributed by atoms with E-state index in [0.717, 1.165) is 12.1 Å². The van der Waals surface area contributed by atoms with Gasteiger partial charge in [0.1, 0.15) is 12.4 Å². The molecule has 0 spiro atoms. The summed E-state index contributed by atoms with van der Waals surface area (Å²) in [7, 11) is 0. The zero-order valence-corrected chi connectivity index (χ0v) is 9.89. The van der Waals surface area contributed by atoms with Crippen LogP contribution in [0.25, 0.3) is 0 Å². The Labute approximate surface area is 105 Å². The molecule has 2 aromatic rings. The molecular formula is C11H9F3N2OS. The zero-order chi connectivity index (χ0) is 13.2. The lowest BCUT2D eigenvalue weighted by atomic mass is 10.2. The average Bonchev–Trinajstić information content (AvgIpc) is 2.72. The molecule has 2 rings (SSSR count). The Balaban J connectivity index is 2.06. The van der Waals surface area contributed by atoms with Crippen LogP contribution in [-0.2, 0) is 12.8 Å². The van der Waals surface area contributed by atoms with E-state index in [1.54, 1.807) is 5.38 Å². The number of halogens is 3. The Morgan fingerprint density at radius 1 is 1.33 bits per heavy atom. The van der Waals surface area contributed by atoms with Crippen molar-refractivity contribution in [3.63, 3.8) is 0 Å². The molecule has 3 nitrogen and oxygen atoms in total. The predicted octanol–water partition coefficient (Wildman–Crippen LogP) is 3.32. The van der Waals surface area contributed by atoms with Crippen LogP contribution in [0.4, 0.5) is 18.3 Å². The van der Waals surface area contributed by atoms with Crippen LogP contribution in [0, 0.1) is 0 Å². The first-order valence-corrected chi connectivity index (χ1v) is 5.83. The molecule has 0 unspecified atom stereocenters. The Bertz CT molecular complexity index is 539. The van der Waals surface area contributed by atoms with Crippen molar-refractivity contribution < 1.29 is 17.9 Å². The molecule has 0 aliphatic carbocycles. The second kappa shape index (κ2) is 4.85. The quantitative estimate of drug-likeness (QED) is 0.934. The molecular weight excluding hydrogens is 265 g/mol. The minimum Gasteiger partial charge on any atom is -0.487 e. The fraction of sp³-hybridized carbons (Fsp3) is 0.182. The molecule has 0 saturated carbocycles. The maximum atomic E-state index is 12.5. The van der Waals surface area contributed by atoms with Gasteiger partial charge < -0.3 is 10.5 Å². The molecule has 0 fully saturated rings. The van der Waals surface area contributed by atoms with Gasteiger partial charge in [0.05, 0.1) is 11.3 Å². The smallest absolute Gasteiger partial charge is 0.416 e. The summed E-state index contributed by atoms with van der Waals surface area (Å²) in [6, 6.07) is 4.71. The van der Waals surface area contributed by atoms with Gasteiger partial charge in [-0.15, -0.1) is 11.3 Å². The normalized spacial score (nSPS) is 11.5. The summed E-state index contributed by atoms with van der Waals surface area (Å²) in [6.45, 7) is 0.0923. The molecule has 0 atom stereocenters. The Morgan fingerprint density at radius 2 is 2.11 bits per heavy atom. The number of ether oxygens (including phenoxy) is 1. The number of thiazole rings is 1. The number of alkyl halides is 3. The van der Waals surface area contributed by atoms with E-state index >= 15 is 0 Å². The van der Waals surface area contributed by atoms with Gasteiger partial charge in [-0.05, 0) is 18.2 Å². The summed E-state index contributed by atoms with van der Waals surface area (Å²) in [5.41, 5.74) is 5.29. The molecule has 2 N–H and O–H groups in total. The van der Waals surface area contributed by atoms with Crippen LogP contribution in [0.3, 0.4) is 0 Å². The van der Waals surface area contributed by atoms with Crippen molar-refractivity contribution >= 4 is 16.5 Å². The van der Waals surface area contributed by atoms with Crippen molar-refractivity contribution in [2.24, 2.45) is 0 Å². The highest BCUT2D eigenvalue weighted by Crippen LogP contribution is 2.31. The SMILES string of the molecule is Nc1nc(COc2cccc(C(F)(F)F)c2)cs1. The van der Waals surface area contributed by atoms with Gasteiger partial charge in [0.25, 0.3) is 0 Å². The summed E-state index contributed by atoms with van der Waals surface area (Å²) in [5, 5.41) is 2.10. The molecule has 1 aromatic heterocycles. The number of hydrogen-bond acceptors (Lipinski definition) is 4. The largest absolute Gasteiger partial charge is 0.487 e. The van der Waals surface area contributed by atoms with E-state index in [4.69, 9.17) is 10.5 Å². The first kappa shape index (κ1) is 12.7. The lowest BCUT2D eigenvalue weighted by Gasteiger charge is -2.09. The highest BCUT2D eigenvalue weighted by atomic mass is 32.1. The summed E-state index contributed by atoms with van der Waals surface area (Å²) < 4.78 is 42.6. The van der Waals surface area contributed by atoms with E-state index in [1.807, 2.05) is 0 Å². The number of rotatable bonds is 3. The third kappa shape index (κ3) is 3.13. The van der Waals surface area contributed by atoms with E-state index in [9.17, 15) is 13.2 Å².